The lowest BCUT2D eigenvalue weighted by molar-refractivity contribution is -0.141. The Kier molecular flexibility index (Phi) is 5.98. The highest BCUT2D eigenvalue weighted by Crippen LogP contribution is 2.44. The molecule has 0 heterocycles. The van der Waals surface area contributed by atoms with Crippen LogP contribution in [0.25, 0.3) is 11.1 Å². The number of carboxylic acids is 1. The molecule has 0 bridgehead atoms. The summed E-state index contributed by atoms with van der Waals surface area (Å²) in [5.74, 6) is -2.45. The summed E-state index contributed by atoms with van der Waals surface area (Å²) in [5.41, 5.74) is 5.03. The van der Waals surface area contributed by atoms with Gasteiger partial charge in [0.2, 0.25) is 0 Å². The molecule has 3 aromatic rings. The average molecular weight is 419 g/mol. The van der Waals surface area contributed by atoms with Gasteiger partial charge in [0.15, 0.2) is 0 Å². The highest BCUT2D eigenvalue weighted by molar-refractivity contribution is 5.79. The summed E-state index contributed by atoms with van der Waals surface area (Å²) in [6.07, 6.45) is -0.566. The maximum absolute atomic E-state index is 13.4. The molecule has 0 aromatic heterocycles. The largest absolute Gasteiger partial charge is 0.481 e. The molecule has 31 heavy (non-hydrogen) atoms. The van der Waals surface area contributed by atoms with Crippen LogP contribution in [0.4, 0.5) is 9.18 Å². The van der Waals surface area contributed by atoms with E-state index in [1.54, 1.807) is 6.07 Å². The van der Waals surface area contributed by atoms with Gasteiger partial charge in [-0.3, -0.25) is 4.79 Å². The van der Waals surface area contributed by atoms with Gasteiger partial charge in [-0.1, -0.05) is 60.7 Å². The smallest absolute Gasteiger partial charge is 0.407 e. The number of benzene rings is 3. The van der Waals surface area contributed by atoms with Gasteiger partial charge < -0.3 is 15.2 Å². The molecule has 1 aliphatic carbocycles. The van der Waals surface area contributed by atoms with Crippen LogP contribution in [-0.2, 0) is 16.0 Å². The van der Waals surface area contributed by atoms with Crippen LogP contribution in [0.15, 0.2) is 72.8 Å². The van der Waals surface area contributed by atoms with Crippen molar-refractivity contribution in [3.63, 3.8) is 0 Å². The SMILES string of the molecule is O=C(NC[C@H](Cc1cccc(F)c1)C(=O)O)OCC1c2ccccc2-c2ccccc21. The molecule has 6 heteroatoms. The molecule has 0 aliphatic heterocycles. The molecule has 0 spiro atoms. The fraction of sp³-hybridized carbons (Fsp3) is 0.200. The number of hydrogen-bond donors (Lipinski definition) is 2. The van der Waals surface area contributed by atoms with Gasteiger partial charge in [-0.2, -0.15) is 0 Å². The summed E-state index contributed by atoms with van der Waals surface area (Å²) in [6, 6.07) is 21.8. The van der Waals surface area contributed by atoms with Crippen molar-refractivity contribution in [2.45, 2.75) is 12.3 Å². The number of carbonyl (C=O) groups excluding carboxylic acids is 1. The van der Waals surface area contributed by atoms with Crippen molar-refractivity contribution in [1.29, 1.82) is 0 Å². The molecule has 0 saturated carbocycles. The third kappa shape index (κ3) is 4.58. The molecule has 4 rings (SSSR count). The average Bonchev–Trinajstić information content (AvgIpc) is 3.09. The second-order valence-electron chi connectivity index (χ2n) is 7.58. The number of amides is 1. The zero-order valence-corrected chi connectivity index (χ0v) is 16.8. The molecule has 1 amide bonds. The van der Waals surface area contributed by atoms with Gasteiger partial charge in [0.05, 0.1) is 5.92 Å². The maximum Gasteiger partial charge on any atom is 0.407 e. The summed E-state index contributed by atoms with van der Waals surface area (Å²) < 4.78 is 18.8. The van der Waals surface area contributed by atoms with Crippen molar-refractivity contribution in [3.8, 4) is 11.1 Å². The molecule has 0 saturated heterocycles. The summed E-state index contributed by atoms with van der Waals surface area (Å²) in [7, 11) is 0. The monoisotopic (exact) mass is 419 g/mol. The number of carbonyl (C=O) groups is 2. The fourth-order valence-corrected chi connectivity index (χ4v) is 4.05. The lowest BCUT2D eigenvalue weighted by Gasteiger charge is -2.16. The van der Waals surface area contributed by atoms with Crippen LogP contribution >= 0.6 is 0 Å². The van der Waals surface area contributed by atoms with Gasteiger partial charge in [-0.25, -0.2) is 9.18 Å². The molecule has 0 unspecified atom stereocenters. The van der Waals surface area contributed by atoms with E-state index in [1.807, 2.05) is 36.4 Å². The first kappa shape index (κ1) is 20.6. The Hall–Kier alpha value is -3.67. The second-order valence-corrected chi connectivity index (χ2v) is 7.58. The molecule has 0 radical (unpaired) electrons. The van der Waals surface area contributed by atoms with E-state index >= 15 is 0 Å². The van der Waals surface area contributed by atoms with Crippen molar-refractivity contribution >= 4 is 12.1 Å². The number of fused-ring (bicyclic) bond motifs is 3. The molecule has 1 aliphatic rings. The van der Waals surface area contributed by atoms with Crippen molar-refractivity contribution in [1.82, 2.24) is 5.32 Å². The van der Waals surface area contributed by atoms with Crippen molar-refractivity contribution < 1.29 is 23.8 Å². The number of aliphatic carboxylic acids is 1. The molecule has 5 nitrogen and oxygen atoms in total. The summed E-state index contributed by atoms with van der Waals surface area (Å²) >= 11 is 0. The fourth-order valence-electron chi connectivity index (χ4n) is 4.05. The number of ether oxygens (including phenoxy) is 1. The molecular weight excluding hydrogens is 397 g/mol. The highest BCUT2D eigenvalue weighted by Gasteiger charge is 2.29. The Morgan fingerprint density at radius 1 is 0.968 bits per heavy atom. The Bertz CT molecular complexity index is 1070. The number of halogens is 1. The van der Waals surface area contributed by atoms with Crippen LogP contribution in [-0.4, -0.2) is 30.3 Å². The van der Waals surface area contributed by atoms with E-state index in [4.69, 9.17) is 4.74 Å². The first-order valence-corrected chi connectivity index (χ1v) is 10.1. The van der Waals surface area contributed by atoms with Crippen LogP contribution in [0.2, 0.25) is 0 Å². The first-order chi connectivity index (χ1) is 15.0. The van der Waals surface area contributed by atoms with Crippen LogP contribution in [0.1, 0.15) is 22.6 Å². The second kappa shape index (κ2) is 9.00. The molecule has 2 N–H and O–H groups in total. The van der Waals surface area contributed by atoms with Gasteiger partial charge in [-0.05, 0) is 46.4 Å². The van der Waals surface area contributed by atoms with Crippen molar-refractivity contribution in [2.75, 3.05) is 13.2 Å². The zero-order chi connectivity index (χ0) is 21.8. The third-order valence-corrected chi connectivity index (χ3v) is 5.56. The van der Waals surface area contributed by atoms with E-state index in [2.05, 4.69) is 17.4 Å². The Labute approximate surface area is 179 Å². The maximum atomic E-state index is 13.4. The summed E-state index contributed by atoms with van der Waals surface area (Å²) in [5, 5.41) is 12.0. The Morgan fingerprint density at radius 2 is 1.61 bits per heavy atom. The van der Waals surface area contributed by atoms with E-state index in [0.29, 0.717) is 5.56 Å². The summed E-state index contributed by atoms with van der Waals surface area (Å²) in [4.78, 5) is 23.8. The number of nitrogens with one attached hydrogen (secondary N) is 1. The van der Waals surface area contributed by atoms with Crippen molar-refractivity contribution in [2.24, 2.45) is 5.92 Å². The van der Waals surface area contributed by atoms with Gasteiger partial charge in [0.25, 0.3) is 0 Å². The topological polar surface area (TPSA) is 75.6 Å². The van der Waals surface area contributed by atoms with E-state index in [1.165, 1.54) is 18.2 Å². The van der Waals surface area contributed by atoms with Gasteiger partial charge >= 0.3 is 12.1 Å². The lowest BCUT2D eigenvalue weighted by atomic mass is 9.98. The van der Waals surface area contributed by atoms with Crippen LogP contribution in [0.3, 0.4) is 0 Å². The standard InChI is InChI=1S/C25H22FNO4/c26-18-7-5-6-16(13-18)12-17(24(28)29)14-27-25(30)31-15-23-21-10-3-1-8-19(21)20-9-2-4-11-22(20)23/h1-11,13,17,23H,12,14-15H2,(H,27,30)(H,28,29)/t17-/m0/s1. The highest BCUT2D eigenvalue weighted by atomic mass is 19.1. The molecule has 1 atom stereocenters. The Morgan fingerprint density at radius 3 is 2.23 bits per heavy atom. The van der Waals surface area contributed by atoms with E-state index in [9.17, 15) is 19.1 Å². The van der Waals surface area contributed by atoms with Crippen molar-refractivity contribution in [3.05, 3.63) is 95.3 Å². The number of rotatable bonds is 7. The zero-order valence-electron chi connectivity index (χ0n) is 16.8. The predicted molar refractivity (Wildman–Crippen MR) is 114 cm³/mol. The van der Waals surface area contributed by atoms with E-state index in [0.717, 1.165) is 22.3 Å². The van der Waals surface area contributed by atoms with Crippen LogP contribution in [0, 0.1) is 11.7 Å². The Balaban J connectivity index is 1.36. The molecule has 3 aromatic carbocycles. The summed E-state index contributed by atoms with van der Waals surface area (Å²) in [6.45, 7) is 0.0457. The predicted octanol–water partition coefficient (Wildman–Crippen LogP) is 4.61. The molecular formula is C25H22FNO4. The first-order valence-electron chi connectivity index (χ1n) is 10.1. The van der Waals surface area contributed by atoms with Gasteiger partial charge in [0.1, 0.15) is 12.4 Å². The van der Waals surface area contributed by atoms with Crippen LogP contribution < -0.4 is 5.32 Å². The molecule has 158 valence electrons. The minimum absolute atomic E-state index is 0.0688. The van der Waals surface area contributed by atoms with E-state index in [-0.39, 0.29) is 25.5 Å². The third-order valence-electron chi connectivity index (χ3n) is 5.56. The quantitative estimate of drug-likeness (QED) is 0.587. The van der Waals surface area contributed by atoms with Crippen LogP contribution in [0.5, 0.6) is 0 Å². The molecule has 0 fully saturated rings. The lowest BCUT2D eigenvalue weighted by Crippen LogP contribution is -2.35. The van der Waals surface area contributed by atoms with Gasteiger partial charge in [0, 0.05) is 12.5 Å². The van der Waals surface area contributed by atoms with Gasteiger partial charge in [-0.15, -0.1) is 0 Å². The minimum atomic E-state index is -1.07. The normalized spacial score (nSPS) is 13.2. The number of carboxylic acid groups (broad SMARTS) is 1. The number of alkyl carbamates (subject to hydrolysis) is 1. The van der Waals surface area contributed by atoms with E-state index < -0.39 is 23.8 Å². The number of hydrogen-bond acceptors (Lipinski definition) is 3. The minimum Gasteiger partial charge on any atom is -0.481 e.